The lowest BCUT2D eigenvalue weighted by Gasteiger charge is -2.14. The summed E-state index contributed by atoms with van der Waals surface area (Å²) in [5, 5.41) is 5.34. The lowest BCUT2D eigenvalue weighted by molar-refractivity contribution is 0.0964. The van der Waals surface area contributed by atoms with E-state index < -0.39 is 0 Å². The molecular formula is C19H22N2O3. The zero-order valence-electron chi connectivity index (χ0n) is 14.1. The Morgan fingerprint density at radius 2 is 1.83 bits per heavy atom. The molecule has 0 heterocycles. The Labute approximate surface area is 142 Å². The fourth-order valence-electron chi connectivity index (χ4n) is 2.15. The van der Waals surface area contributed by atoms with Crippen molar-refractivity contribution in [1.29, 1.82) is 0 Å². The molecule has 0 saturated heterocycles. The highest BCUT2D eigenvalue weighted by atomic mass is 16.5. The fraction of sp³-hybridized carbons (Fsp3) is 0.263. The van der Waals surface area contributed by atoms with E-state index in [0.717, 1.165) is 6.42 Å². The van der Waals surface area contributed by atoms with Gasteiger partial charge in [-0.1, -0.05) is 25.1 Å². The van der Waals surface area contributed by atoms with Crippen molar-refractivity contribution < 1.29 is 14.3 Å². The molecule has 1 unspecified atom stereocenters. The van der Waals surface area contributed by atoms with Crippen molar-refractivity contribution in [3.05, 3.63) is 59.7 Å². The van der Waals surface area contributed by atoms with Gasteiger partial charge in [0.15, 0.2) is 0 Å². The molecule has 1 atom stereocenters. The van der Waals surface area contributed by atoms with Crippen molar-refractivity contribution in [2.45, 2.75) is 26.4 Å². The van der Waals surface area contributed by atoms with Gasteiger partial charge < -0.3 is 15.4 Å². The van der Waals surface area contributed by atoms with Gasteiger partial charge in [-0.3, -0.25) is 9.59 Å². The number of hydrogen-bond donors (Lipinski definition) is 2. The topological polar surface area (TPSA) is 67.4 Å². The van der Waals surface area contributed by atoms with E-state index in [2.05, 4.69) is 10.6 Å². The summed E-state index contributed by atoms with van der Waals surface area (Å²) in [6, 6.07) is 13.9. The lowest BCUT2D eigenvalue weighted by Crippen LogP contribution is -2.21. The summed E-state index contributed by atoms with van der Waals surface area (Å²) in [5.74, 6) is 0.109. The van der Waals surface area contributed by atoms with E-state index in [0.29, 0.717) is 22.6 Å². The zero-order chi connectivity index (χ0) is 17.5. The van der Waals surface area contributed by atoms with Gasteiger partial charge >= 0.3 is 0 Å². The zero-order valence-corrected chi connectivity index (χ0v) is 14.1. The quantitative estimate of drug-likeness (QED) is 0.854. The van der Waals surface area contributed by atoms with Crippen molar-refractivity contribution in [1.82, 2.24) is 5.32 Å². The number of ether oxygens (including phenoxy) is 1. The average Bonchev–Trinajstić information content (AvgIpc) is 2.61. The maximum Gasteiger partial charge on any atom is 0.255 e. The number of para-hydroxylation sites is 1. The van der Waals surface area contributed by atoms with Crippen LogP contribution in [0, 0.1) is 0 Å². The van der Waals surface area contributed by atoms with E-state index in [1.807, 2.05) is 19.9 Å². The first-order valence-electron chi connectivity index (χ1n) is 7.94. The molecule has 0 aliphatic rings. The third kappa shape index (κ3) is 4.35. The van der Waals surface area contributed by atoms with Gasteiger partial charge in [-0.15, -0.1) is 0 Å². The Hall–Kier alpha value is -2.82. The number of carbonyl (C=O) groups excluding carboxylic acids is 2. The molecule has 24 heavy (non-hydrogen) atoms. The molecule has 2 rings (SSSR count). The standard InChI is InChI=1S/C19H22N2O3/c1-4-13(2)24-15-9-7-8-14(12-15)18(22)21-17-11-6-5-10-16(17)19(23)20-3/h5-13H,4H2,1-3H3,(H,20,23)(H,21,22). The molecule has 5 nitrogen and oxygen atoms in total. The van der Waals surface area contributed by atoms with E-state index >= 15 is 0 Å². The number of anilines is 1. The highest BCUT2D eigenvalue weighted by Crippen LogP contribution is 2.19. The second kappa shape index (κ2) is 8.15. The summed E-state index contributed by atoms with van der Waals surface area (Å²) < 4.78 is 5.74. The molecule has 0 aliphatic heterocycles. The minimum absolute atomic E-state index is 0.0808. The van der Waals surface area contributed by atoms with Gasteiger partial charge in [0.2, 0.25) is 0 Å². The third-order valence-electron chi connectivity index (χ3n) is 3.66. The van der Waals surface area contributed by atoms with Crippen LogP contribution in [0.2, 0.25) is 0 Å². The fourth-order valence-corrected chi connectivity index (χ4v) is 2.15. The number of benzene rings is 2. The first kappa shape index (κ1) is 17.5. The Morgan fingerprint density at radius 1 is 1.08 bits per heavy atom. The molecule has 5 heteroatoms. The maximum absolute atomic E-state index is 12.5. The smallest absolute Gasteiger partial charge is 0.255 e. The number of hydrogen-bond acceptors (Lipinski definition) is 3. The van der Waals surface area contributed by atoms with Gasteiger partial charge in [-0.2, -0.15) is 0 Å². The molecule has 0 aromatic heterocycles. The minimum atomic E-state index is -0.291. The van der Waals surface area contributed by atoms with Gasteiger partial charge in [-0.25, -0.2) is 0 Å². The highest BCUT2D eigenvalue weighted by molar-refractivity contribution is 6.09. The Kier molecular flexibility index (Phi) is 5.95. The molecule has 0 radical (unpaired) electrons. The predicted octanol–water partition coefficient (Wildman–Crippen LogP) is 3.48. The molecular weight excluding hydrogens is 304 g/mol. The highest BCUT2D eigenvalue weighted by Gasteiger charge is 2.13. The van der Waals surface area contributed by atoms with Crippen LogP contribution in [0.1, 0.15) is 41.0 Å². The average molecular weight is 326 g/mol. The molecule has 0 fully saturated rings. The summed E-state index contributed by atoms with van der Waals surface area (Å²) in [5.41, 5.74) is 1.36. The van der Waals surface area contributed by atoms with Gasteiger partial charge in [0.05, 0.1) is 17.4 Å². The molecule has 2 amide bonds. The van der Waals surface area contributed by atoms with E-state index in [1.54, 1.807) is 49.5 Å². The molecule has 0 aliphatic carbocycles. The van der Waals surface area contributed by atoms with Gasteiger partial charge in [0.25, 0.3) is 11.8 Å². The Balaban J connectivity index is 2.19. The number of nitrogens with one attached hydrogen (secondary N) is 2. The van der Waals surface area contributed by atoms with Crippen LogP contribution in [-0.2, 0) is 0 Å². The van der Waals surface area contributed by atoms with Crippen molar-refractivity contribution in [2.75, 3.05) is 12.4 Å². The van der Waals surface area contributed by atoms with Crippen LogP contribution >= 0.6 is 0 Å². The third-order valence-corrected chi connectivity index (χ3v) is 3.66. The van der Waals surface area contributed by atoms with Crippen LogP contribution in [-0.4, -0.2) is 25.0 Å². The van der Waals surface area contributed by atoms with Gasteiger partial charge in [0.1, 0.15) is 5.75 Å². The summed E-state index contributed by atoms with van der Waals surface area (Å²) in [7, 11) is 1.55. The Bertz CT molecular complexity index is 728. The van der Waals surface area contributed by atoms with E-state index in [9.17, 15) is 9.59 Å². The van der Waals surface area contributed by atoms with Crippen LogP contribution in [0.3, 0.4) is 0 Å². The molecule has 0 spiro atoms. The SMILES string of the molecule is CCC(C)Oc1cccc(C(=O)Nc2ccccc2C(=O)NC)c1. The number of rotatable bonds is 6. The molecule has 2 aromatic carbocycles. The number of carbonyl (C=O) groups is 2. The van der Waals surface area contributed by atoms with Crippen molar-refractivity contribution in [2.24, 2.45) is 0 Å². The summed E-state index contributed by atoms with van der Waals surface area (Å²) >= 11 is 0. The van der Waals surface area contributed by atoms with Crippen LogP contribution in [0.4, 0.5) is 5.69 Å². The van der Waals surface area contributed by atoms with Crippen molar-refractivity contribution in [3.8, 4) is 5.75 Å². The molecule has 126 valence electrons. The summed E-state index contributed by atoms with van der Waals surface area (Å²) in [4.78, 5) is 24.4. The van der Waals surface area contributed by atoms with Crippen LogP contribution in [0.15, 0.2) is 48.5 Å². The second-order valence-electron chi connectivity index (χ2n) is 5.44. The maximum atomic E-state index is 12.5. The van der Waals surface area contributed by atoms with Crippen LogP contribution in [0.5, 0.6) is 5.75 Å². The van der Waals surface area contributed by atoms with E-state index in [1.165, 1.54) is 0 Å². The lowest BCUT2D eigenvalue weighted by atomic mass is 10.1. The molecule has 2 aromatic rings. The Morgan fingerprint density at radius 3 is 2.54 bits per heavy atom. The second-order valence-corrected chi connectivity index (χ2v) is 5.44. The van der Waals surface area contributed by atoms with E-state index in [-0.39, 0.29) is 17.9 Å². The van der Waals surface area contributed by atoms with Gasteiger partial charge in [0, 0.05) is 12.6 Å². The summed E-state index contributed by atoms with van der Waals surface area (Å²) in [6.07, 6.45) is 0.966. The largest absolute Gasteiger partial charge is 0.491 e. The van der Waals surface area contributed by atoms with E-state index in [4.69, 9.17) is 4.74 Å². The minimum Gasteiger partial charge on any atom is -0.491 e. The first-order valence-corrected chi connectivity index (χ1v) is 7.94. The van der Waals surface area contributed by atoms with Crippen LogP contribution in [0.25, 0.3) is 0 Å². The normalized spacial score (nSPS) is 11.5. The first-order chi connectivity index (χ1) is 11.5. The monoisotopic (exact) mass is 326 g/mol. The summed E-state index contributed by atoms with van der Waals surface area (Å²) in [6.45, 7) is 4.02. The molecule has 0 saturated carbocycles. The molecule has 0 bridgehead atoms. The molecule has 2 N–H and O–H groups in total. The number of amides is 2. The van der Waals surface area contributed by atoms with Crippen molar-refractivity contribution in [3.63, 3.8) is 0 Å². The van der Waals surface area contributed by atoms with Gasteiger partial charge in [-0.05, 0) is 43.7 Å². The van der Waals surface area contributed by atoms with Crippen LogP contribution < -0.4 is 15.4 Å². The predicted molar refractivity (Wildman–Crippen MR) is 94.6 cm³/mol. The van der Waals surface area contributed by atoms with Crippen molar-refractivity contribution >= 4 is 17.5 Å².